The lowest BCUT2D eigenvalue weighted by Crippen LogP contribution is -2.46. The second-order valence-corrected chi connectivity index (χ2v) is 15.5. The topological polar surface area (TPSA) is 95.9 Å². The molecule has 54 heavy (non-hydrogen) atoms. The summed E-state index contributed by atoms with van der Waals surface area (Å²) in [6, 6.07) is -0.705. The number of carbonyl (C=O) groups excluding carboxylic acids is 2. The van der Waals surface area contributed by atoms with Gasteiger partial charge >= 0.3 is 5.97 Å². The van der Waals surface area contributed by atoms with Gasteiger partial charge in [-0.3, -0.25) is 9.59 Å². The predicted octanol–water partition coefficient (Wildman–Crippen LogP) is 13.1. The number of nitrogens with one attached hydrogen (secondary N) is 1. The maximum Gasteiger partial charge on any atom is 0.306 e. The van der Waals surface area contributed by atoms with Gasteiger partial charge in [-0.25, -0.2) is 0 Å². The highest BCUT2D eigenvalue weighted by Gasteiger charge is 2.24. The Hall–Kier alpha value is -2.18. The van der Waals surface area contributed by atoms with E-state index in [1.54, 1.807) is 0 Å². The van der Waals surface area contributed by atoms with Crippen LogP contribution < -0.4 is 5.32 Å². The van der Waals surface area contributed by atoms with Gasteiger partial charge in [-0.2, -0.15) is 0 Å². The SMILES string of the molecule is CC/C=C/C=C/C=C/CCCCCCCCCC(=O)OC(CCCCC/C=C\CCCCC)CC(=O)NC(CO)C(O)CCCCCCCCCCCC. The van der Waals surface area contributed by atoms with Gasteiger partial charge in [-0.1, -0.05) is 185 Å². The number of ether oxygens (including phenoxy) is 1. The van der Waals surface area contributed by atoms with Crippen LogP contribution in [0.25, 0.3) is 0 Å². The fourth-order valence-electron chi connectivity index (χ4n) is 6.72. The molecule has 1 amide bonds. The van der Waals surface area contributed by atoms with E-state index in [9.17, 15) is 19.8 Å². The molecule has 0 aromatic rings. The molecule has 6 heteroatoms. The summed E-state index contributed by atoms with van der Waals surface area (Å²) in [4.78, 5) is 25.9. The molecule has 3 atom stereocenters. The highest BCUT2D eigenvalue weighted by atomic mass is 16.5. The summed E-state index contributed by atoms with van der Waals surface area (Å²) in [5.74, 6) is -0.506. The molecule has 0 fully saturated rings. The van der Waals surface area contributed by atoms with Crippen molar-refractivity contribution in [1.29, 1.82) is 0 Å². The minimum Gasteiger partial charge on any atom is -0.462 e. The second-order valence-electron chi connectivity index (χ2n) is 15.5. The number of hydrogen-bond acceptors (Lipinski definition) is 5. The molecular formula is C48H87NO5. The first-order valence-electron chi connectivity index (χ1n) is 22.9. The first kappa shape index (κ1) is 51.8. The number of amides is 1. The van der Waals surface area contributed by atoms with Crippen molar-refractivity contribution >= 4 is 11.9 Å². The van der Waals surface area contributed by atoms with Gasteiger partial charge < -0.3 is 20.3 Å². The molecule has 0 aliphatic heterocycles. The van der Waals surface area contributed by atoms with Crippen LogP contribution in [-0.4, -0.2) is 46.9 Å². The molecule has 0 bridgehead atoms. The zero-order valence-electron chi connectivity index (χ0n) is 35.6. The Morgan fingerprint density at radius 3 is 1.61 bits per heavy atom. The normalized spacial score (nSPS) is 13.8. The first-order chi connectivity index (χ1) is 26.5. The van der Waals surface area contributed by atoms with Gasteiger partial charge in [0.05, 0.1) is 25.2 Å². The average molecular weight is 758 g/mol. The molecule has 0 rings (SSSR count). The van der Waals surface area contributed by atoms with Crippen molar-refractivity contribution in [1.82, 2.24) is 5.32 Å². The van der Waals surface area contributed by atoms with Crippen molar-refractivity contribution in [3.63, 3.8) is 0 Å². The Morgan fingerprint density at radius 1 is 0.556 bits per heavy atom. The summed E-state index contributed by atoms with van der Waals surface area (Å²) < 4.78 is 5.88. The highest BCUT2D eigenvalue weighted by Crippen LogP contribution is 2.17. The number of esters is 1. The summed E-state index contributed by atoms with van der Waals surface area (Å²) in [7, 11) is 0. The van der Waals surface area contributed by atoms with Crippen LogP contribution in [0.1, 0.15) is 220 Å². The summed E-state index contributed by atoms with van der Waals surface area (Å²) in [6.45, 7) is 6.29. The molecule has 6 nitrogen and oxygen atoms in total. The lowest BCUT2D eigenvalue weighted by atomic mass is 10.0. The van der Waals surface area contributed by atoms with E-state index < -0.39 is 18.2 Å². The lowest BCUT2D eigenvalue weighted by molar-refractivity contribution is -0.151. The van der Waals surface area contributed by atoms with Crippen LogP contribution in [0.4, 0.5) is 0 Å². The van der Waals surface area contributed by atoms with E-state index >= 15 is 0 Å². The molecule has 314 valence electrons. The third kappa shape index (κ3) is 36.8. The number of carbonyl (C=O) groups is 2. The third-order valence-electron chi connectivity index (χ3n) is 10.2. The van der Waals surface area contributed by atoms with E-state index in [0.717, 1.165) is 83.5 Å². The fraction of sp³-hybridized carbons (Fsp3) is 0.792. The number of allylic oxidation sites excluding steroid dienone is 8. The lowest BCUT2D eigenvalue weighted by Gasteiger charge is -2.24. The smallest absolute Gasteiger partial charge is 0.306 e. The van der Waals surface area contributed by atoms with Crippen LogP contribution in [0.15, 0.2) is 48.6 Å². The summed E-state index contributed by atoms with van der Waals surface area (Å²) in [6.07, 6.45) is 48.8. The van der Waals surface area contributed by atoms with E-state index in [1.165, 1.54) is 89.9 Å². The molecular weight excluding hydrogens is 671 g/mol. The minimum atomic E-state index is -0.791. The Balaban J connectivity index is 4.58. The van der Waals surface area contributed by atoms with Crippen molar-refractivity contribution < 1.29 is 24.5 Å². The Morgan fingerprint density at radius 2 is 1.02 bits per heavy atom. The number of aliphatic hydroxyl groups excluding tert-OH is 2. The van der Waals surface area contributed by atoms with Gasteiger partial charge in [0.15, 0.2) is 0 Å². The molecule has 0 radical (unpaired) electrons. The van der Waals surface area contributed by atoms with E-state index in [0.29, 0.717) is 19.3 Å². The van der Waals surface area contributed by atoms with Crippen LogP contribution in [-0.2, 0) is 14.3 Å². The van der Waals surface area contributed by atoms with Crippen LogP contribution >= 0.6 is 0 Å². The largest absolute Gasteiger partial charge is 0.462 e. The van der Waals surface area contributed by atoms with E-state index in [4.69, 9.17) is 4.74 Å². The molecule has 0 spiro atoms. The number of unbranched alkanes of at least 4 members (excludes halogenated alkanes) is 22. The van der Waals surface area contributed by atoms with Crippen molar-refractivity contribution in [2.75, 3.05) is 6.61 Å². The molecule has 0 saturated carbocycles. The van der Waals surface area contributed by atoms with E-state index in [2.05, 4.69) is 74.7 Å². The molecule has 0 heterocycles. The van der Waals surface area contributed by atoms with Crippen LogP contribution in [0.3, 0.4) is 0 Å². The minimum absolute atomic E-state index is 0.0614. The monoisotopic (exact) mass is 758 g/mol. The van der Waals surface area contributed by atoms with Crippen LogP contribution in [0.5, 0.6) is 0 Å². The molecule has 0 aliphatic carbocycles. The predicted molar refractivity (Wildman–Crippen MR) is 232 cm³/mol. The first-order valence-corrected chi connectivity index (χ1v) is 22.9. The summed E-state index contributed by atoms with van der Waals surface area (Å²) in [5.41, 5.74) is 0. The van der Waals surface area contributed by atoms with Crippen LogP contribution in [0.2, 0.25) is 0 Å². The maximum atomic E-state index is 13.1. The number of rotatable bonds is 40. The molecule has 3 N–H and O–H groups in total. The van der Waals surface area contributed by atoms with Gasteiger partial charge in [0, 0.05) is 6.42 Å². The maximum absolute atomic E-state index is 13.1. The van der Waals surface area contributed by atoms with Crippen molar-refractivity contribution in [2.45, 2.75) is 238 Å². The van der Waals surface area contributed by atoms with Crippen molar-refractivity contribution in [3.05, 3.63) is 48.6 Å². The molecule has 3 unspecified atom stereocenters. The fourth-order valence-corrected chi connectivity index (χ4v) is 6.72. The van der Waals surface area contributed by atoms with Gasteiger partial charge in [0.2, 0.25) is 5.91 Å². The molecule has 0 aromatic carbocycles. The molecule has 0 aromatic heterocycles. The average Bonchev–Trinajstić information content (AvgIpc) is 3.16. The Bertz CT molecular complexity index is 941. The standard InChI is InChI=1S/C48H87NO5/c1-4-7-10-13-16-19-22-23-24-25-26-29-32-35-38-41-48(53)54-44(39-36-33-30-27-20-17-14-11-8-5-2)42-47(52)49-45(43-50)46(51)40-37-34-31-28-21-18-15-12-9-6-3/h7,10,13,16-17,19-20,22,44-46,50-51H,4-6,8-9,11-12,14-15,18,21,23-43H2,1-3H3,(H,49,52)/b10-7+,16-13+,20-17-,22-19+. The number of aliphatic hydroxyl groups is 2. The molecule has 0 aliphatic rings. The molecule has 0 saturated heterocycles. The van der Waals surface area contributed by atoms with Gasteiger partial charge in [-0.05, 0) is 70.6 Å². The zero-order valence-corrected chi connectivity index (χ0v) is 35.6. The quantitative estimate of drug-likeness (QED) is 0.0250. The Kier molecular flexibility index (Phi) is 40.3. The number of hydrogen-bond donors (Lipinski definition) is 3. The van der Waals surface area contributed by atoms with E-state index in [-0.39, 0.29) is 24.9 Å². The second kappa shape index (κ2) is 42.0. The van der Waals surface area contributed by atoms with Gasteiger partial charge in [0.25, 0.3) is 0 Å². The van der Waals surface area contributed by atoms with Gasteiger partial charge in [-0.15, -0.1) is 0 Å². The summed E-state index contributed by atoms with van der Waals surface area (Å²) >= 11 is 0. The third-order valence-corrected chi connectivity index (χ3v) is 10.2. The zero-order chi connectivity index (χ0) is 39.6. The van der Waals surface area contributed by atoms with E-state index in [1.807, 2.05) is 0 Å². The van der Waals surface area contributed by atoms with Crippen molar-refractivity contribution in [2.24, 2.45) is 0 Å². The highest BCUT2D eigenvalue weighted by molar-refractivity contribution is 5.77. The van der Waals surface area contributed by atoms with Crippen LogP contribution in [0, 0.1) is 0 Å². The summed E-state index contributed by atoms with van der Waals surface area (Å²) in [5, 5.41) is 23.6. The van der Waals surface area contributed by atoms with Crippen molar-refractivity contribution in [3.8, 4) is 0 Å². The van der Waals surface area contributed by atoms with Gasteiger partial charge in [0.1, 0.15) is 6.10 Å². The Labute approximate surface area is 334 Å².